The van der Waals surface area contributed by atoms with Gasteiger partial charge in [0, 0.05) is 25.2 Å². The molecule has 2 rings (SSSR count). The molecular formula is C14H15N3O3. The van der Waals surface area contributed by atoms with E-state index in [1.165, 1.54) is 6.92 Å². The molecule has 0 unspecified atom stereocenters. The van der Waals surface area contributed by atoms with Crippen LogP contribution in [0.25, 0.3) is 0 Å². The molecule has 2 N–H and O–H groups in total. The van der Waals surface area contributed by atoms with Crippen LogP contribution in [0.5, 0.6) is 0 Å². The van der Waals surface area contributed by atoms with E-state index >= 15 is 0 Å². The first-order chi connectivity index (χ1) is 9.45. The van der Waals surface area contributed by atoms with E-state index in [0.29, 0.717) is 23.0 Å². The van der Waals surface area contributed by atoms with E-state index in [1.807, 2.05) is 0 Å². The molecule has 20 heavy (non-hydrogen) atoms. The molecule has 2 amide bonds. The normalized spacial score (nSPS) is 10.2. The summed E-state index contributed by atoms with van der Waals surface area (Å²) < 4.78 is 5.25. The van der Waals surface area contributed by atoms with Gasteiger partial charge in [-0.1, -0.05) is 6.07 Å². The monoisotopic (exact) mass is 273 g/mol. The van der Waals surface area contributed by atoms with E-state index in [-0.39, 0.29) is 17.6 Å². The number of carbonyl (C=O) groups is 2. The number of nitrogens with zero attached hydrogens (tertiary/aromatic N) is 1. The van der Waals surface area contributed by atoms with Crippen LogP contribution in [-0.4, -0.2) is 16.8 Å². The summed E-state index contributed by atoms with van der Waals surface area (Å²) in [4.78, 5) is 27.1. The van der Waals surface area contributed by atoms with Gasteiger partial charge in [0.15, 0.2) is 5.89 Å². The molecule has 0 saturated heterocycles. The summed E-state index contributed by atoms with van der Waals surface area (Å²) in [5, 5.41) is 5.35. The second kappa shape index (κ2) is 5.56. The van der Waals surface area contributed by atoms with E-state index in [1.54, 1.807) is 38.1 Å². The molecule has 6 nitrogen and oxygen atoms in total. The fourth-order valence-corrected chi connectivity index (χ4v) is 1.81. The summed E-state index contributed by atoms with van der Waals surface area (Å²) >= 11 is 0. The van der Waals surface area contributed by atoms with E-state index in [9.17, 15) is 9.59 Å². The third kappa shape index (κ3) is 3.23. The Morgan fingerprint density at radius 3 is 2.35 bits per heavy atom. The lowest BCUT2D eigenvalue weighted by Crippen LogP contribution is -2.13. The fraction of sp³-hybridized carbons (Fsp3) is 0.214. The zero-order chi connectivity index (χ0) is 14.7. The third-order valence-electron chi connectivity index (χ3n) is 2.55. The zero-order valence-corrected chi connectivity index (χ0v) is 11.5. The minimum absolute atomic E-state index is 0.171. The second-order valence-electron chi connectivity index (χ2n) is 4.36. The molecular weight excluding hydrogens is 258 g/mol. The van der Waals surface area contributed by atoms with Gasteiger partial charge >= 0.3 is 0 Å². The molecule has 6 heteroatoms. The average Bonchev–Trinajstić information content (AvgIpc) is 2.68. The van der Waals surface area contributed by atoms with Crippen LogP contribution < -0.4 is 10.6 Å². The summed E-state index contributed by atoms with van der Waals surface area (Å²) in [6, 6.07) is 6.86. The molecule has 0 spiro atoms. The predicted molar refractivity (Wildman–Crippen MR) is 74.7 cm³/mol. The van der Waals surface area contributed by atoms with Gasteiger partial charge in [-0.25, -0.2) is 4.98 Å². The van der Waals surface area contributed by atoms with Crippen molar-refractivity contribution >= 4 is 23.2 Å². The van der Waals surface area contributed by atoms with Crippen LogP contribution in [0.3, 0.4) is 0 Å². The molecule has 1 aromatic carbocycles. The van der Waals surface area contributed by atoms with Crippen LogP contribution in [0, 0.1) is 13.8 Å². The Morgan fingerprint density at radius 2 is 1.80 bits per heavy atom. The van der Waals surface area contributed by atoms with Crippen LogP contribution in [0.1, 0.15) is 29.1 Å². The summed E-state index contributed by atoms with van der Waals surface area (Å²) in [7, 11) is 0. The van der Waals surface area contributed by atoms with Gasteiger partial charge in [0.2, 0.25) is 11.7 Å². The maximum Gasteiger partial charge on any atom is 0.293 e. The van der Waals surface area contributed by atoms with Gasteiger partial charge in [-0.2, -0.15) is 0 Å². The smallest absolute Gasteiger partial charge is 0.293 e. The minimum atomic E-state index is -0.372. The van der Waals surface area contributed by atoms with Crippen molar-refractivity contribution in [3.05, 3.63) is 41.6 Å². The first kappa shape index (κ1) is 13.8. The van der Waals surface area contributed by atoms with E-state index in [4.69, 9.17) is 4.42 Å². The Labute approximate surface area is 116 Å². The molecule has 2 aromatic rings. The summed E-state index contributed by atoms with van der Waals surface area (Å²) in [5.74, 6) is 0.0883. The van der Waals surface area contributed by atoms with E-state index in [0.717, 1.165) is 0 Å². The van der Waals surface area contributed by atoms with Gasteiger partial charge < -0.3 is 15.1 Å². The SMILES string of the molecule is CC(=O)Nc1cccc(NC(=O)c2oc(C)nc2C)c1. The number of aryl methyl sites for hydroxylation is 2. The van der Waals surface area contributed by atoms with Crippen LogP contribution in [-0.2, 0) is 4.79 Å². The molecule has 0 aliphatic rings. The van der Waals surface area contributed by atoms with Crippen molar-refractivity contribution in [3.8, 4) is 0 Å². The molecule has 0 bridgehead atoms. The number of carbonyl (C=O) groups excluding carboxylic acids is 2. The summed E-state index contributed by atoms with van der Waals surface area (Å²) in [6.07, 6.45) is 0. The number of hydrogen-bond donors (Lipinski definition) is 2. The molecule has 1 aromatic heterocycles. The molecule has 0 fully saturated rings. The lowest BCUT2D eigenvalue weighted by Gasteiger charge is -2.06. The van der Waals surface area contributed by atoms with Crippen molar-refractivity contribution in [2.45, 2.75) is 20.8 Å². The Bertz CT molecular complexity index is 661. The van der Waals surface area contributed by atoms with E-state index < -0.39 is 0 Å². The second-order valence-corrected chi connectivity index (χ2v) is 4.36. The van der Waals surface area contributed by atoms with E-state index in [2.05, 4.69) is 15.6 Å². The van der Waals surface area contributed by atoms with Gasteiger partial charge in [0.1, 0.15) is 0 Å². The molecule has 0 radical (unpaired) electrons. The molecule has 104 valence electrons. The third-order valence-corrected chi connectivity index (χ3v) is 2.55. The van der Waals surface area contributed by atoms with Crippen molar-refractivity contribution in [2.75, 3.05) is 10.6 Å². The van der Waals surface area contributed by atoms with Crippen LogP contribution >= 0.6 is 0 Å². The quantitative estimate of drug-likeness (QED) is 0.899. The Balaban J connectivity index is 2.15. The van der Waals surface area contributed by atoms with Gasteiger partial charge in [-0.05, 0) is 25.1 Å². The topological polar surface area (TPSA) is 84.2 Å². The van der Waals surface area contributed by atoms with Crippen molar-refractivity contribution in [3.63, 3.8) is 0 Å². The number of hydrogen-bond acceptors (Lipinski definition) is 4. The lowest BCUT2D eigenvalue weighted by atomic mass is 10.2. The van der Waals surface area contributed by atoms with Crippen LogP contribution in [0.4, 0.5) is 11.4 Å². The standard InChI is InChI=1S/C14H15N3O3/c1-8-13(20-10(3)15-8)14(19)17-12-6-4-5-11(7-12)16-9(2)18/h4-7H,1-3H3,(H,16,18)(H,17,19). The van der Waals surface area contributed by atoms with Crippen molar-refractivity contribution in [2.24, 2.45) is 0 Å². The number of oxazole rings is 1. The lowest BCUT2D eigenvalue weighted by molar-refractivity contribution is -0.114. The highest BCUT2D eigenvalue weighted by atomic mass is 16.4. The molecule has 0 atom stereocenters. The molecule has 0 saturated carbocycles. The van der Waals surface area contributed by atoms with Crippen molar-refractivity contribution < 1.29 is 14.0 Å². The van der Waals surface area contributed by atoms with Gasteiger partial charge in [-0.15, -0.1) is 0 Å². The largest absolute Gasteiger partial charge is 0.436 e. The number of nitrogens with one attached hydrogen (secondary N) is 2. The molecule has 1 heterocycles. The number of rotatable bonds is 3. The fourth-order valence-electron chi connectivity index (χ4n) is 1.81. The van der Waals surface area contributed by atoms with Gasteiger partial charge in [0.25, 0.3) is 5.91 Å². The zero-order valence-electron chi connectivity index (χ0n) is 11.5. The minimum Gasteiger partial charge on any atom is -0.436 e. The highest BCUT2D eigenvalue weighted by Gasteiger charge is 2.16. The number of benzene rings is 1. The summed E-state index contributed by atoms with van der Waals surface area (Å²) in [5.41, 5.74) is 1.72. The number of aromatic nitrogens is 1. The highest BCUT2D eigenvalue weighted by molar-refractivity contribution is 6.03. The first-order valence-electron chi connectivity index (χ1n) is 6.09. The van der Waals surface area contributed by atoms with Gasteiger partial charge in [-0.3, -0.25) is 9.59 Å². The van der Waals surface area contributed by atoms with Crippen molar-refractivity contribution in [1.29, 1.82) is 0 Å². The maximum absolute atomic E-state index is 12.0. The predicted octanol–water partition coefficient (Wildman–Crippen LogP) is 2.50. The van der Waals surface area contributed by atoms with Crippen LogP contribution in [0.2, 0.25) is 0 Å². The Kier molecular flexibility index (Phi) is 3.84. The van der Waals surface area contributed by atoms with Crippen molar-refractivity contribution in [1.82, 2.24) is 4.98 Å². The molecule has 0 aliphatic carbocycles. The average molecular weight is 273 g/mol. The highest BCUT2D eigenvalue weighted by Crippen LogP contribution is 2.17. The van der Waals surface area contributed by atoms with Gasteiger partial charge in [0.05, 0.1) is 5.69 Å². The Morgan fingerprint density at radius 1 is 1.15 bits per heavy atom. The maximum atomic E-state index is 12.0. The Hall–Kier alpha value is -2.63. The number of anilines is 2. The number of amides is 2. The first-order valence-corrected chi connectivity index (χ1v) is 6.09. The molecule has 0 aliphatic heterocycles. The van der Waals surface area contributed by atoms with Crippen LogP contribution in [0.15, 0.2) is 28.7 Å². The summed E-state index contributed by atoms with van der Waals surface area (Å²) in [6.45, 7) is 4.81.